The van der Waals surface area contributed by atoms with E-state index < -0.39 is 12.8 Å². The van der Waals surface area contributed by atoms with Gasteiger partial charge in [0.2, 0.25) is 5.88 Å². The van der Waals surface area contributed by atoms with Crippen LogP contribution in [-0.4, -0.2) is 33.6 Å². The number of amides is 1. The number of hydrogen-bond donors (Lipinski definition) is 1. The predicted octanol–water partition coefficient (Wildman–Crippen LogP) is 2.67. The first-order valence-corrected chi connectivity index (χ1v) is 7.39. The third kappa shape index (κ3) is 5.40. The summed E-state index contributed by atoms with van der Waals surface area (Å²) in [7, 11) is 0. The van der Waals surface area contributed by atoms with Gasteiger partial charge in [0.15, 0.2) is 6.61 Å². The fourth-order valence-corrected chi connectivity index (χ4v) is 2.11. The van der Waals surface area contributed by atoms with E-state index in [0.717, 1.165) is 0 Å². The number of nitrogens with zero attached hydrogens (tertiary/aromatic N) is 3. The van der Waals surface area contributed by atoms with E-state index in [1.54, 1.807) is 26.8 Å². The zero-order valence-corrected chi connectivity index (χ0v) is 13.9. The SMILES string of the molecule is Cc1cnc(C(=O)NCc2cnc(OCC(F)(F)F)c(C)c2)c(C)n1. The summed E-state index contributed by atoms with van der Waals surface area (Å²) in [6.45, 7) is 3.80. The van der Waals surface area contributed by atoms with Gasteiger partial charge >= 0.3 is 6.18 Å². The Kier molecular flexibility index (Phi) is 5.55. The molecule has 0 saturated heterocycles. The van der Waals surface area contributed by atoms with Gasteiger partial charge in [-0.2, -0.15) is 13.2 Å². The van der Waals surface area contributed by atoms with Crippen molar-refractivity contribution in [3.05, 3.63) is 46.7 Å². The Bertz CT molecular complexity index is 778. The first kappa shape index (κ1) is 18.6. The van der Waals surface area contributed by atoms with Crippen LogP contribution in [0.1, 0.15) is 33.0 Å². The molecule has 1 N–H and O–H groups in total. The minimum absolute atomic E-state index is 0.0901. The van der Waals surface area contributed by atoms with Crippen molar-refractivity contribution in [3.8, 4) is 5.88 Å². The molecule has 0 aliphatic carbocycles. The van der Waals surface area contributed by atoms with E-state index in [-0.39, 0.29) is 24.0 Å². The number of nitrogens with one attached hydrogen (secondary N) is 1. The van der Waals surface area contributed by atoms with Crippen molar-refractivity contribution >= 4 is 5.91 Å². The summed E-state index contributed by atoms with van der Waals surface area (Å²) in [5.74, 6) is -0.479. The molecule has 2 aromatic rings. The number of carbonyl (C=O) groups excluding carboxylic acids is 1. The van der Waals surface area contributed by atoms with Crippen LogP contribution >= 0.6 is 0 Å². The zero-order chi connectivity index (χ0) is 18.6. The van der Waals surface area contributed by atoms with E-state index in [1.165, 1.54) is 12.4 Å². The van der Waals surface area contributed by atoms with Gasteiger partial charge in [0.05, 0.1) is 11.4 Å². The number of aromatic nitrogens is 3. The fourth-order valence-electron chi connectivity index (χ4n) is 2.11. The molecule has 134 valence electrons. The minimum Gasteiger partial charge on any atom is -0.468 e. The van der Waals surface area contributed by atoms with Crippen molar-refractivity contribution in [1.29, 1.82) is 0 Å². The molecule has 0 fully saturated rings. The van der Waals surface area contributed by atoms with Crippen LogP contribution in [0.15, 0.2) is 18.5 Å². The molecule has 0 radical (unpaired) electrons. The zero-order valence-electron chi connectivity index (χ0n) is 13.9. The average molecular weight is 354 g/mol. The van der Waals surface area contributed by atoms with Crippen molar-refractivity contribution in [3.63, 3.8) is 0 Å². The summed E-state index contributed by atoms with van der Waals surface area (Å²) in [4.78, 5) is 24.2. The largest absolute Gasteiger partial charge is 0.468 e. The van der Waals surface area contributed by atoms with Crippen LogP contribution < -0.4 is 10.1 Å². The lowest BCUT2D eigenvalue weighted by Gasteiger charge is -2.12. The summed E-state index contributed by atoms with van der Waals surface area (Å²) in [6.07, 6.45) is -1.57. The molecule has 6 nitrogen and oxygen atoms in total. The van der Waals surface area contributed by atoms with Gasteiger partial charge in [0.25, 0.3) is 5.91 Å². The van der Waals surface area contributed by atoms with Crippen molar-refractivity contribution < 1.29 is 22.7 Å². The van der Waals surface area contributed by atoms with Crippen LogP contribution in [0.4, 0.5) is 13.2 Å². The molecule has 0 unspecified atom stereocenters. The topological polar surface area (TPSA) is 77.0 Å². The van der Waals surface area contributed by atoms with E-state index in [4.69, 9.17) is 0 Å². The monoisotopic (exact) mass is 354 g/mol. The second-order valence-electron chi connectivity index (χ2n) is 5.50. The highest BCUT2D eigenvalue weighted by Gasteiger charge is 2.29. The van der Waals surface area contributed by atoms with Crippen molar-refractivity contribution in [2.75, 3.05) is 6.61 Å². The number of ether oxygens (including phenoxy) is 1. The maximum absolute atomic E-state index is 12.2. The molecular formula is C16H17F3N4O2. The van der Waals surface area contributed by atoms with Crippen LogP contribution in [-0.2, 0) is 6.54 Å². The number of aryl methyl sites for hydroxylation is 3. The lowest BCUT2D eigenvalue weighted by atomic mass is 10.2. The third-order valence-corrected chi connectivity index (χ3v) is 3.19. The second-order valence-corrected chi connectivity index (χ2v) is 5.50. The highest BCUT2D eigenvalue weighted by atomic mass is 19.4. The quantitative estimate of drug-likeness (QED) is 0.893. The van der Waals surface area contributed by atoms with Crippen LogP contribution in [0.3, 0.4) is 0 Å². The Labute approximate surface area is 142 Å². The Morgan fingerprint density at radius 3 is 2.52 bits per heavy atom. The molecule has 25 heavy (non-hydrogen) atoms. The lowest BCUT2D eigenvalue weighted by Crippen LogP contribution is -2.25. The Morgan fingerprint density at radius 1 is 1.20 bits per heavy atom. The van der Waals surface area contributed by atoms with Gasteiger partial charge in [0.1, 0.15) is 5.69 Å². The number of halogens is 3. The van der Waals surface area contributed by atoms with Gasteiger partial charge in [-0.05, 0) is 32.4 Å². The standard InChI is InChI=1S/C16H17F3N4O2/c1-9-4-12(7-22-15(9)25-8-16(17,18)19)6-21-14(24)13-11(3)23-10(2)5-20-13/h4-5,7H,6,8H2,1-3H3,(H,21,24). The van der Waals surface area contributed by atoms with Crippen molar-refractivity contribution in [1.82, 2.24) is 20.3 Å². The van der Waals surface area contributed by atoms with E-state index in [1.807, 2.05) is 0 Å². The van der Waals surface area contributed by atoms with Crippen LogP contribution in [0, 0.1) is 20.8 Å². The van der Waals surface area contributed by atoms with Crippen LogP contribution in [0.25, 0.3) is 0 Å². The molecule has 0 saturated carbocycles. The number of alkyl halides is 3. The predicted molar refractivity (Wildman–Crippen MR) is 83.2 cm³/mol. The Hall–Kier alpha value is -2.71. The van der Waals surface area contributed by atoms with Gasteiger partial charge in [0, 0.05) is 24.5 Å². The second kappa shape index (κ2) is 7.45. The van der Waals surface area contributed by atoms with E-state index in [2.05, 4.69) is 25.0 Å². The van der Waals surface area contributed by atoms with Crippen LogP contribution in [0.5, 0.6) is 5.88 Å². The Balaban J connectivity index is 1.99. The summed E-state index contributed by atoms with van der Waals surface area (Å²) in [5.41, 5.74) is 2.52. The number of pyridine rings is 1. The molecule has 1 amide bonds. The molecule has 2 heterocycles. The molecule has 0 aliphatic rings. The molecule has 0 aliphatic heterocycles. The molecule has 2 aromatic heterocycles. The van der Waals surface area contributed by atoms with Gasteiger partial charge in [-0.25, -0.2) is 9.97 Å². The molecule has 2 rings (SSSR count). The smallest absolute Gasteiger partial charge is 0.422 e. The maximum Gasteiger partial charge on any atom is 0.422 e. The van der Waals surface area contributed by atoms with Gasteiger partial charge < -0.3 is 10.1 Å². The van der Waals surface area contributed by atoms with Gasteiger partial charge in [-0.3, -0.25) is 9.78 Å². The summed E-state index contributed by atoms with van der Waals surface area (Å²) in [5, 5.41) is 2.68. The molecule has 9 heteroatoms. The molecule has 0 atom stereocenters. The first-order valence-electron chi connectivity index (χ1n) is 7.39. The Morgan fingerprint density at radius 2 is 1.92 bits per heavy atom. The van der Waals surface area contributed by atoms with Gasteiger partial charge in [-0.15, -0.1) is 0 Å². The summed E-state index contributed by atoms with van der Waals surface area (Å²) < 4.78 is 41.1. The molecular weight excluding hydrogens is 337 g/mol. The summed E-state index contributed by atoms with van der Waals surface area (Å²) in [6, 6.07) is 1.60. The van der Waals surface area contributed by atoms with Crippen molar-refractivity contribution in [2.24, 2.45) is 0 Å². The van der Waals surface area contributed by atoms with E-state index in [9.17, 15) is 18.0 Å². The number of rotatable bonds is 5. The highest BCUT2D eigenvalue weighted by molar-refractivity contribution is 5.93. The normalized spacial score (nSPS) is 11.3. The molecule has 0 aromatic carbocycles. The molecule has 0 spiro atoms. The fraction of sp³-hybridized carbons (Fsp3) is 0.375. The number of hydrogen-bond acceptors (Lipinski definition) is 5. The van der Waals surface area contributed by atoms with E-state index >= 15 is 0 Å². The van der Waals surface area contributed by atoms with E-state index in [0.29, 0.717) is 22.5 Å². The highest BCUT2D eigenvalue weighted by Crippen LogP contribution is 2.20. The summed E-state index contributed by atoms with van der Waals surface area (Å²) >= 11 is 0. The number of carbonyl (C=O) groups is 1. The van der Waals surface area contributed by atoms with Crippen molar-refractivity contribution in [2.45, 2.75) is 33.5 Å². The van der Waals surface area contributed by atoms with Gasteiger partial charge in [-0.1, -0.05) is 0 Å². The minimum atomic E-state index is -4.42. The average Bonchev–Trinajstić information content (AvgIpc) is 2.50. The lowest BCUT2D eigenvalue weighted by molar-refractivity contribution is -0.154. The maximum atomic E-state index is 12.2. The van der Waals surface area contributed by atoms with Crippen LogP contribution in [0.2, 0.25) is 0 Å². The molecule has 0 bridgehead atoms. The first-order chi connectivity index (χ1) is 11.7. The third-order valence-electron chi connectivity index (χ3n) is 3.19.